The summed E-state index contributed by atoms with van der Waals surface area (Å²) in [5.74, 6) is -1.68. The molecular weight excluding hydrogens is 420 g/mol. The molecule has 1 saturated heterocycles. The van der Waals surface area contributed by atoms with E-state index in [1.165, 1.54) is 17.0 Å². The van der Waals surface area contributed by atoms with E-state index in [4.69, 9.17) is 4.74 Å². The number of amides is 3. The predicted octanol–water partition coefficient (Wildman–Crippen LogP) is 3.41. The number of ether oxygens (including phenoxy) is 1. The van der Waals surface area contributed by atoms with Crippen LogP contribution in [-0.2, 0) is 19.1 Å². The van der Waals surface area contributed by atoms with E-state index in [1.54, 1.807) is 12.1 Å². The molecular formula is C26H24N2O5. The number of carbonyl (C=O) groups is 4. The first-order valence-electron chi connectivity index (χ1n) is 11.0. The SMILES string of the molecule is Cc1ccc(C)c(NC(=O)COC(=O)c2ccc(N3C(=O)[C@@H]4[C@@H](C3=O)[C@H]3C=C[C@H]4C3)cc2)c1. The van der Waals surface area contributed by atoms with Crippen LogP contribution in [0.2, 0.25) is 0 Å². The molecule has 2 aromatic rings. The number of rotatable bonds is 5. The number of allylic oxidation sites excluding steroid dienone is 2. The van der Waals surface area contributed by atoms with Gasteiger partial charge in [-0.05, 0) is 73.6 Å². The van der Waals surface area contributed by atoms with Crippen molar-refractivity contribution in [3.63, 3.8) is 0 Å². The standard InChI is InChI=1S/C26H24N2O5/c1-14-3-4-15(2)20(11-14)27-21(29)13-33-26(32)16-7-9-19(10-8-16)28-24(30)22-17-5-6-18(12-17)23(22)25(28)31/h3-11,17-18,22-23H,12-13H2,1-2H3,(H,27,29)/t17-,18-,22-,23-/m0/s1. The van der Waals surface area contributed by atoms with E-state index in [0.717, 1.165) is 17.5 Å². The van der Waals surface area contributed by atoms with Gasteiger partial charge in [-0.3, -0.25) is 19.3 Å². The van der Waals surface area contributed by atoms with Crippen molar-refractivity contribution in [1.29, 1.82) is 0 Å². The van der Waals surface area contributed by atoms with Gasteiger partial charge in [-0.2, -0.15) is 0 Å². The number of nitrogens with one attached hydrogen (secondary N) is 1. The number of carbonyl (C=O) groups excluding carboxylic acids is 4. The zero-order valence-electron chi connectivity index (χ0n) is 18.4. The molecule has 0 spiro atoms. The highest BCUT2D eigenvalue weighted by Crippen LogP contribution is 2.53. The van der Waals surface area contributed by atoms with Gasteiger partial charge in [-0.15, -0.1) is 0 Å². The van der Waals surface area contributed by atoms with Gasteiger partial charge in [0.15, 0.2) is 6.61 Å². The molecule has 33 heavy (non-hydrogen) atoms. The van der Waals surface area contributed by atoms with Gasteiger partial charge in [0.05, 0.1) is 23.1 Å². The maximum atomic E-state index is 12.9. The first-order chi connectivity index (χ1) is 15.8. The summed E-state index contributed by atoms with van der Waals surface area (Å²) in [6.45, 7) is 3.39. The molecule has 2 bridgehead atoms. The Morgan fingerprint density at radius 2 is 1.61 bits per heavy atom. The van der Waals surface area contributed by atoms with Gasteiger partial charge in [0, 0.05) is 5.69 Å². The zero-order valence-corrected chi connectivity index (χ0v) is 18.4. The summed E-state index contributed by atoms with van der Waals surface area (Å²) in [4.78, 5) is 51.6. The lowest BCUT2D eigenvalue weighted by atomic mass is 9.85. The monoisotopic (exact) mass is 444 g/mol. The Bertz CT molecular complexity index is 1170. The smallest absolute Gasteiger partial charge is 0.338 e. The maximum absolute atomic E-state index is 12.9. The van der Waals surface area contributed by atoms with Crippen LogP contribution in [0, 0.1) is 37.5 Å². The van der Waals surface area contributed by atoms with Crippen molar-refractivity contribution >= 4 is 35.1 Å². The molecule has 2 aliphatic carbocycles. The number of fused-ring (bicyclic) bond motifs is 5. The van der Waals surface area contributed by atoms with Crippen LogP contribution in [0.25, 0.3) is 0 Å². The van der Waals surface area contributed by atoms with Crippen molar-refractivity contribution in [2.45, 2.75) is 20.3 Å². The van der Waals surface area contributed by atoms with E-state index in [9.17, 15) is 19.2 Å². The second kappa shape index (κ2) is 7.99. The molecule has 1 N–H and O–H groups in total. The van der Waals surface area contributed by atoms with Crippen LogP contribution >= 0.6 is 0 Å². The van der Waals surface area contributed by atoms with Crippen molar-refractivity contribution < 1.29 is 23.9 Å². The van der Waals surface area contributed by atoms with Crippen LogP contribution in [0.1, 0.15) is 27.9 Å². The Balaban J connectivity index is 1.21. The zero-order chi connectivity index (χ0) is 23.3. The van der Waals surface area contributed by atoms with Gasteiger partial charge < -0.3 is 10.1 Å². The minimum Gasteiger partial charge on any atom is -0.452 e. The maximum Gasteiger partial charge on any atom is 0.338 e. The Labute approximate surface area is 191 Å². The van der Waals surface area contributed by atoms with E-state index >= 15 is 0 Å². The highest BCUT2D eigenvalue weighted by atomic mass is 16.5. The third-order valence-corrected chi connectivity index (χ3v) is 6.83. The van der Waals surface area contributed by atoms with Crippen molar-refractivity contribution in [3.8, 4) is 0 Å². The molecule has 7 heteroatoms. The first-order valence-corrected chi connectivity index (χ1v) is 11.0. The minimum atomic E-state index is -0.657. The molecule has 1 saturated carbocycles. The van der Waals surface area contributed by atoms with Gasteiger partial charge in [0.1, 0.15) is 0 Å². The average Bonchev–Trinajstić information content (AvgIpc) is 3.48. The predicted molar refractivity (Wildman–Crippen MR) is 121 cm³/mol. The van der Waals surface area contributed by atoms with Gasteiger partial charge in [-0.1, -0.05) is 24.3 Å². The lowest BCUT2D eigenvalue weighted by Crippen LogP contribution is -2.32. The number of hydrogen-bond acceptors (Lipinski definition) is 5. The molecule has 3 amide bonds. The molecule has 4 atom stereocenters. The van der Waals surface area contributed by atoms with Crippen LogP contribution < -0.4 is 10.2 Å². The molecule has 0 unspecified atom stereocenters. The lowest BCUT2D eigenvalue weighted by Gasteiger charge is -2.17. The number of imide groups is 1. The van der Waals surface area contributed by atoms with Crippen molar-refractivity contribution in [2.24, 2.45) is 23.7 Å². The van der Waals surface area contributed by atoms with Crippen molar-refractivity contribution in [2.75, 3.05) is 16.8 Å². The third-order valence-electron chi connectivity index (χ3n) is 6.83. The highest BCUT2D eigenvalue weighted by molar-refractivity contribution is 6.22. The van der Waals surface area contributed by atoms with Crippen LogP contribution in [0.15, 0.2) is 54.6 Å². The summed E-state index contributed by atoms with van der Waals surface area (Å²) in [6, 6.07) is 11.8. The van der Waals surface area contributed by atoms with Gasteiger partial charge in [-0.25, -0.2) is 4.79 Å². The summed E-state index contributed by atoms with van der Waals surface area (Å²) in [5, 5.41) is 2.74. The summed E-state index contributed by atoms with van der Waals surface area (Å²) in [7, 11) is 0. The molecule has 2 fully saturated rings. The van der Waals surface area contributed by atoms with Crippen molar-refractivity contribution in [3.05, 3.63) is 71.3 Å². The fourth-order valence-electron chi connectivity index (χ4n) is 5.17. The Hall–Kier alpha value is -3.74. The van der Waals surface area contributed by atoms with Gasteiger partial charge >= 0.3 is 5.97 Å². The van der Waals surface area contributed by atoms with Crippen molar-refractivity contribution in [1.82, 2.24) is 0 Å². The van der Waals surface area contributed by atoms with Crippen LogP contribution in [0.4, 0.5) is 11.4 Å². The molecule has 0 radical (unpaired) electrons. The average molecular weight is 444 g/mol. The molecule has 3 aliphatic rings. The number of benzene rings is 2. The number of anilines is 2. The summed E-state index contributed by atoms with van der Waals surface area (Å²) >= 11 is 0. The van der Waals surface area contributed by atoms with E-state index in [-0.39, 0.29) is 41.0 Å². The molecule has 1 aliphatic heterocycles. The highest BCUT2D eigenvalue weighted by Gasteiger charge is 2.59. The normalized spacial score (nSPS) is 24.8. The van der Waals surface area contributed by atoms with E-state index in [2.05, 4.69) is 17.5 Å². The van der Waals surface area contributed by atoms with Crippen LogP contribution in [0.5, 0.6) is 0 Å². The van der Waals surface area contributed by atoms with E-state index in [0.29, 0.717) is 11.4 Å². The summed E-state index contributed by atoms with van der Waals surface area (Å²) < 4.78 is 5.13. The molecule has 0 aromatic heterocycles. The Morgan fingerprint density at radius 3 is 2.24 bits per heavy atom. The largest absolute Gasteiger partial charge is 0.452 e. The third kappa shape index (κ3) is 3.63. The Morgan fingerprint density at radius 1 is 0.970 bits per heavy atom. The van der Waals surface area contributed by atoms with Gasteiger partial charge in [0.2, 0.25) is 11.8 Å². The fourth-order valence-corrected chi connectivity index (χ4v) is 5.17. The molecule has 7 nitrogen and oxygen atoms in total. The number of esters is 1. The molecule has 2 aromatic carbocycles. The molecule has 168 valence electrons. The number of hydrogen-bond donors (Lipinski definition) is 1. The number of aryl methyl sites for hydroxylation is 2. The van der Waals surface area contributed by atoms with Gasteiger partial charge in [0.25, 0.3) is 5.91 Å². The molecule has 1 heterocycles. The second-order valence-electron chi connectivity index (χ2n) is 9.00. The summed E-state index contributed by atoms with van der Waals surface area (Å²) in [6.07, 6.45) is 4.98. The summed E-state index contributed by atoms with van der Waals surface area (Å²) in [5.41, 5.74) is 3.28. The van der Waals surface area contributed by atoms with E-state index < -0.39 is 18.5 Å². The minimum absolute atomic E-state index is 0.144. The quantitative estimate of drug-likeness (QED) is 0.433. The fraction of sp³-hybridized carbons (Fsp3) is 0.308. The molecule has 5 rings (SSSR count). The van der Waals surface area contributed by atoms with E-state index in [1.807, 2.05) is 32.0 Å². The first kappa shape index (κ1) is 21.1. The Kier molecular flexibility index (Phi) is 5.12. The number of nitrogens with zero attached hydrogens (tertiary/aromatic N) is 1. The van der Waals surface area contributed by atoms with Crippen LogP contribution in [0.3, 0.4) is 0 Å². The topological polar surface area (TPSA) is 92.8 Å². The van der Waals surface area contributed by atoms with Crippen LogP contribution in [-0.4, -0.2) is 30.3 Å². The second-order valence-corrected chi connectivity index (χ2v) is 9.00. The lowest BCUT2D eigenvalue weighted by molar-refractivity contribution is -0.123.